The number of aromatic carboxylic acids is 1. The molecule has 0 unspecified atom stereocenters. The van der Waals surface area contributed by atoms with Crippen LogP contribution in [0.5, 0.6) is 5.75 Å². The van der Waals surface area contributed by atoms with E-state index in [1.165, 1.54) is 24.3 Å². The molecule has 0 heterocycles. The highest BCUT2D eigenvalue weighted by Gasteiger charge is 2.18. The number of carboxylic acid groups (broad SMARTS) is 1. The van der Waals surface area contributed by atoms with Crippen LogP contribution in [0.1, 0.15) is 15.9 Å². The van der Waals surface area contributed by atoms with Gasteiger partial charge in [0.2, 0.25) is 5.82 Å². The Morgan fingerprint density at radius 2 is 1.65 bits per heavy atom. The summed E-state index contributed by atoms with van der Waals surface area (Å²) in [4.78, 5) is 10.6. The minimum Gasteiger partial charge on any atom is -0.486 e. The number of carbonyl (C=O) groups is 1. The molecule has 2 aromatic carbocycles. The van der Waals surface area contributed by atoms with E-state index in [2.05, 4.69) is 0 Å². The Hall–Kier alpha value is -2.50. The van der Waals surface area contributed by atoms with E-state index in [1.54, 1.807) is 0 Å². The van der Waals surface area contributed by atoms with Crippen molar-refractivity contribution in [3.8, 4) is 5.75 Å². The predicted molar refractivity (Wildman–Crippen MR) is 64.0 cm³/mol. The molecule has 0 bridgehead atoms. The summed E-state index contributed by atoms with van der Waals surface area (Å²) in [7, 11) is 0. The van der Waals surface area contributed by atoms with Crippen LogP contribution in [-0.2, 0) is 6.61 Å². The van der Waals surface area contributed by atoms with Gasteiger partial charge in [0.15, 0.2) is 11.6 Å². The predicted octanol–water partition coefficient (Wildman–Crippen LogP) is 3.38. The van der Waals surface area contributed by atoms with Gasteiger partial charge in [-0.1, -0.05) is 12.1 Å². The van der Waals surface area contributed by atoms with Crippen LogP contribution in [0.25, 0.3) is 0 Å². The molecule has 0 aliphatic heterocycles. The fraction of sp³-hybridized carbons (Fsp3) is 0.0714. The zero-order valence-corrected chi connectivity index (χ0v) is 10.1. The molecule has 0 aliphatic rings. The van der Waals surface area contributed by atoms with E-state index in [4.69, 9.17) is 9.84 Å². The normalized spacial score (nSPS) is 10.3. The standard InChI is InChI=1S/C14H9F3O3/c15-9-3-1-8(2-4-9)7-20-11-6-5-10(14(18)19)12(16)13(11)17/h1-6H,7H2,(H,18,19). The van der Waals surface area contributed by atoms with Gasteiger partial charge in [-0.2, -0.15) is 4.39 Å². The van der Waals surface area contributed by atoms with E-state index in [0.29, 0.717) is 5.56 Å². The van der Waals surface area contributed by atoms with Gasteiger partial charge in [-0.25, -0.2) is 13.6 Å². The molecule has 0 atom stereocenters. The van der Waals surface area contributed by atoms with Gasteiger partial charge in [-0.3, -0.25) is 0 Å². The van der Waals surface area contributed by atoms with E-state index in [-0.39, 0.29) is 6.61 Å². The molecule has 0 aromatic heterocycles. The SMILES string of the molecule is O=C(O)c1ccc(OCc2ccc(F)cc2)c(F)c1F. The van der Waals surface area contributed by atoms with Crippen molar-refractivity contribution in [1.82, 2.24) is 0 Å². The van der Waals surface area contributed by atoms with E-state index >= 15 is 0 Å². The van der Waals surface area contributed by atoms with E-state index in [9.17, 15) is 18.0 Å². The quantitative estimate of drug-likeness (QED) is 0.935. The van der Waals surface area contributed by atoms with Crippen LogP contribution < -0.4 is 4.74 Å². The number of halogens is 3. The first-order valence-electron chi connectivity index (χ1n) is 5.57. The van der Waals surface area contributed by atoms with Gasteiger partial charge in [-0.15, -0.1) is 0 Å². The summed E-state index contributed by atoms with van der Waals surface area (Å²) >= 11 is 0. The Kier molecular flexibility index (Phi) is 3.93. The summed E-state index contributed by atoms with van der Waals surface area (Å²) in [5, 5.41) is 8.63. The molecule has 0 aliphatic carbocycles. The van der Waals surface area contributed by atoms with Gasteiger partial charge < -0.3 is 9.84 Å². The lowest BCUT2D eigenvalue weighted by Crippen LogP contribution is -2.05. The minimum atomic E-state index is -1.56. The monoisotopic (exact) mass is 282 g/mol. The Bertz CT molecular complexity index is 639. The van der Waals surface area contributed by atoms with Crippen LogP contribution in [0.15, 0.2) is 36.4 Å². The number of benzene rings is 2. The van der Waals surface area contributed by atoms with Crippen LogP contribution in [0.2, 0.25) is 0 Å². The third kappa shape index (κ3) is 2.90. The number of ether oxygens (including phenoxy) is 1. The molecule has 0 saturated carbocycles. The fourth-order valence-electron chi connectivity index (χ4n) is 1.55. The van der Waals surface area contributed by atoms with Crippen molar-refractivity contribution >= 4 is 5.97 Å². The van der Waals surface area contributed by atoms with Gasteiger partial charge in [0.25, 0.3) is 0 Å². The van der Waals surface area contributed by atoms with Gasteiger partial charge in [0.1, 0.15) is 12.4 Å². The molecule has 2 aromatic rings. The summed E-state index contributed by atoms with van der Waals surface area (Å²) in [5.41, 5.74) is -0.204. The van der Waals surface area contributed by atoms with Crippen molar-refractivity contribution in [3.63, 3.8) is 0 Å². The molecule has 2 rings (SSSR count). The molecule has 3 nitrogen and oxygen atoms in total. The first-order valence-corrected chi connectivity index (χ1v) is 5.57. The molecular formula is C14H9F3O3. The Labute approximate surface area is 112 Å². The zero-order chi connectivity index (χ0) is 14.7. The molecule has 0 spiro atoms. The van der Waals surface area contributed by atoms with Crippen LogP contribution in [0.3, 0.4) is 0 Å². The minimum absolute atomic E-state index is 0.0942. The molecule has 104 valence electrons. The van der Waals surface area contributed by atoms with Gasteiger partial charge in [0, 0.05) is 0 Å². The molecule has 1 N–H and O–H groups in total. The average molecular weight is 282 g/mol. The molecule has 0 radical (unpaired) electrons. The van der Waals surface area contributed by atoms with Crippen LogP contribution in [-0.4, -0.2) is 11.1 Å². The lowest BCUT2D eigenvalue weighted by molar-refractivity contribution is 0.0690. The second-order valence-corrected chi connectivity index (χ2v) is 3.96. The lowest BCUT2D eigenvalue weighted by Gasteiger charge is -2.09. The summed E-state index contributed by atoms with van der Waals surface area (Å²) in [5.74, 6) is -5.23. The Morgan fingerprint density at radius 3 is 2.25 bits per heavy atom. The highest BCUT2D eigenvalue weighted by molar-refractivity contribution is 5.88. The lowest BCUT2D eigenvalue weighted by atomic mass is 10.2. The van der Waals surface area contributed by atoms with E-state index in [1.807, 2.05) is 0 Å². The summed E-state index contributed by atoms with van der Waals surface area (Å²) < 4.78 is 44.7. The number of hydrogen-bond donors (Lipinski definition) is 1. The number of carboxylic acids is 1. The first-order chi connectivity index (χ1) is 9.49. The average Bonchev–Trinajstić information content (AvgIpc) is 2.42. The number of hydrogen-bond acceptors (Lipinski definition) is 2. The van der Waals surface area contributed by atoms with Crippen molar-refractivity contribution in [2.45, 2.75) is 6.61 Å². The van der Waals surface area contributed by atoms with Crippen LogP contribution in [0, 0.1) is 17.5 Å². The highest BCUT2D eigenvalue weighted by Crippen LogP contribution is 2.23. The molecule has 0 amide bonds. The number of rotatable bonds is 4. The highest BCUT2D eigenvalue weighted by atomic mass is 19.2. The van der Waals surface area contributed by atoms with Crippen molar-refractivity contribution in [3.05, 3.63) is 65.0 Å². The van der Waals surface area contributed by atoms with Crippen LogP contribution in [0.4, 0.5) is 13.2 Å². The first kappa shape index (κ1) is 13.9. The second-order valence-electron chi connectivity index (χ2n) is 3.96. The van der Waals surface area contributed by atoms with Crippen molar-refractivity contribution in [2.75, 3.05) is 0 Å². The summed E-state index contributed by atoms with van der Waals surface area (Å²) in [6.45, 7) is -0.0942. The van der Waals surface area contributed by atoms with Crippen LogP contribution >= 0.6 is 0 Å². The maximum absolute atomic E-state index is 13.6. The van der Waals surface area contributed by atoms with Crippen molar-refractivity contribution in [1.29, 1.82) is 0 Å². The largest absolute Gasteiger partial charge is 0.486 e. The molecule has 20 heavy (non-hydrogen) atoms. The van der Waals surface area contributed by atoms with E-state index in [0.717, 1.165) is 12.1 Å². The zero-order valence-electron chi connectivity index (χ0n) is 10.1. The van der Waals surface area contributed by atoms with E-state index < -0.39 is 34.7 Å². The van der Waals surface area contributed by atoms with Crippen molar-refractivity contribution < 1.29 is 27.8 Å². The second kappa shape index (κ2) is 5.64. The third-order valence-electron chi connectivity index (χ3n) is 2.58. The van der Waals surface area contributed by atoms with Crippen molar-refractivity contribution in [2.24, 2.45) is 0 Å². The smallest absolute Gasteiger partial charge is 0.338 e. The summed E-state index contributed by atoms with van der Waals surface area (Å²) in [6, 6.07) is 7.25. The molecular weight excluding hydrogens is 273 g/mol. The van der Waals surface area contributed by atoms with Gasteiger partial charge >= 0.3 is 5.97 Å². The fourth-order valence-corrected chi connectivity index (χ4v) is 1.55. The molecule has 6 heteroatoms. The maximum Gasteiger partial charge on any atom is 0.338 e. The molecule has 0 fully saturated rings. The third-order valence-corrected chi connectivity index (χ3v) is 2.58. The Balaban J connectivity index is 2.16. The summed E-state index contributed by atoms with van der Waals surface area (Å²) in [6.07, 6.45) is 0. The topological polar surface area (TPSA) is 46.5 Å². The maximum atomic E-state index is 13.6. The molecule has 0 saturated heterocycles. The van der Waals surface area contributed by atoms with Gasteiger partial charge in [-0.05, 0) is 29.8 Å². The van der Waals surface area contributed by atoms with Gasteiger partial charge in [0.05, 0.1) is 5.56 Å². The Morgan fingerprint density at radius 1 is 1.00 bits per heavy atom.